The summed E-state index contributed by atoms with van der Waals surface area (Å²) >= 11 is 0. The van der Waals surface area contributed by atoms with Crippen molar-refractivity contribution < 1.29 is 28.2 Å². The van der Waals surface area contributed by atoms with Gasteiger partial charge in [-0.15, -0.1) is 0 Å². The Balaban J connectivity index is 1.64. The number of carbonyl (C=O) groups excluding carboxylic acids is 2. The number of rotatable bonds is 6. The molecule has 0 aliphatic heterocycles. The van der Waals surface area contributed by atoms with E-state index in [2.05, 4.69) is 4.74 Å². The number of hydrogen-bond acceptors (Lipinski definition) is 6. The van der Waals surface area contributed by atoms with Gasteiger partial charge in [0.05, 0.1) is 32.5 Å². The highest BCUT2D eigenvalue weighted by molar-refractivity contribution is 5.89. The molecule has 0 bridgehead atoms. The summed E-state index contributed by atoms with van der Waals surface area (Å²) in [7, 11) is 2.90. The molecule has 1 aromatic heterocycles. The fourth-order valence-electron chi connectivity index (χ4n) is 2.60. The molecule has 1 heterocycles. The maximum atomic E-state index is 12.1. The molecule has 0 N–H and O–H groups in total. The van der Waals surface area contributed by atoms with Gasteiger partial charge in [-0.1, -0.05) is 12.1 Å². The van der Waals surface area contributed by atoms with E-state index in [1.807, 2.05) is 12.1 Å². The van der Waals surface area contributed by atoms with E-state index in [9.17, 15) is 9.59 Å². The van der Waals surface area contributed by atoms with E-state index in [1.165, 1.54) is 7.11 Å². The Kier molecular flexibility index (Phi) is 5.22. The minimum Gasteiger partial charge on any atom is -0.497 e. The Morgan fingerprint density at radius 1 is 1.08 bits per heavy atom. The lowest BCUT2D eigenvalue weighted by atomic mass is 10.1. The fraction of sp³-hybridized carbons (Fsp3) is 0.200. The van der Waals surface area contributed by atoms with Crippen molar-refractivity contribution in [2.24, 2.45) is 0 Å². The maximum absolute atomic E-state index is 12.1. The molecule has 0 radical (unpaired) electrons. The van der Waals surface area contributed by atoms with Crippen LogP contribution in [0.15, 0.2) is 53.1 Å². The average molecular weight is 354 g/mol. The van der Waals surface area contributed by atoms with Crippen LogP contribution in [-0.4, -0.2) is 26.2 Å². The minimum atomic E-state index is -0.432. The van der Waals surface area contributed by atoms with E-state index < -0.39 is 5.97 Å². The van der Waals surface area contributed by atoms with Gasteiger partial charge in [-0.05, 0) is 29.8 Å². The molecule has 0 fully saturated rings. The van der Waals surface area contributed by atoms with Crippen LogP contribution in [0.25, 0.3) is 11.0 Å². The predicted octanol–water partition coefficient (Wildman–Crippen LogP) is 3.51. The second-order valence-corrected chi connectivity index (χ2v) is 5.65. The summed E-state index contributed by atoms with van der Waals surface area (Å²) in [6.45, 7) is 0.0767. The van der Waals surface area contributed by atoms with Crippen molar-refractivity contribution in [3.8, 4) is 5.75 Å². The molecule has 3 rings (SSSR count). The Labute approximate surface area is 150 Å². The zero-order valence-electron chi connectivity index (χ0n) is 14.5. The van der Waals surface area contributed by atoms with Crippen molar-refractivity contribution in [3.05, 3.63) is 65.4 Å². The first kappa shape index (κ1) is 17.5. The van der Waals surface area contributed by atoms with E-state index in [-0.39, 0.29) is 19.0 Å². The van der Waals surface area contributed by atoms with Gasteiger partial charge in [0.1, 0.15) is 17.9 Å². The van der Waals surface area contributed by atoms with Gasteiger partial charge in [0.2, 0.25) is 0 Å². The molecule has 0 spiro atoms. The maximum Gasteiger partial charge on any atom is 0.337 e. The molecular weight excluding hydrogens is 336 g/mol. The standard InChI is InChI=1S/C20H18O6/c1-23-16-6-7-17-15(12-25-18(17)10-16)9-19(21)26-11-13-4-3-5-14(8-13)20(22)24-2/h3-8,10,12H,9,11H2,1-2H3. The van der Waals surface area contributed by atoms with E-state index >= 15 is 0 Å². The number of methoxy groups -OCH3 is 2. The number of benzene rings is 2. The van der Waals surface area contributed by atoms with Crippen LogP contribution in [0.5, 0.6) is 5.75 Å². The number of carbonyl (C=O) groups is 2. The second kappa shape index (κ2) is 7.74. The molecule has 0 atom stereocenters. The monoisotopic (exact) mass is 354 g/mol. The summed E-state index contributed by atoms with van der Waals surface area (Å²) in [5.74, 6) is -0.128. The zero-order chi connectivity index (χ0) is 18.5. The van der Waals surface area contributed by atoms with Crippen molar-refractivity contribution in [3.63, 3.8) is 0 Å². The van der Waals surface area contributed by atoms with Crippen LogP contribution in [-0.2, 0) is 27.3 Å². The number of ether oxygens (including phenoxy) is 3. The normalized spacial score (nSPS) is 10.5. The molecule has 6 heteroatoms. The van der Waals surface area contributed by atoms with Crippen molar-refractivity contribution in [2.45, 2.75) is 13.0 Å². The summed E-state index contributed by atoms with van der Waals surface area (Å²) in [6.07, 6.45) is 1.64. The van der Waals surface area contributed by atoms with Crippen LogP contribution < -0.4 is 4.74 Å². The van der Waals surface area contributed by atoms with Crippen molar-refractivity contribution in [1.82, 2.24) is 0 Å². The van der Waals surface area contributed by atoms with Gasteiger partial charge in [0, 0.05) is 17.0 Å². The molecule has 0 saturated heterocycles. The van der Waals surface area contributed by atoms with Crippen molar-refractivity contribution >= 4 is 22.9 Å². The molecule has 0 aliphatic carbocycles. The van der Waals surface area contributed by atoms with Crippen molar-refractivity contribution in [2.75, 3.05) is 14.2 Å². The summed E-state index contributed by atoms with van der Waals surface area (Å²) in [5, 5.41) is 0.843. The van der Waals surface area contributed by atoms with E-state index in [0.717, 1.165) is 10.9 Å². The van der Waals surface area contributed by atoms with Gasteiger partial charge in [0.15, 0.2) is 0 Å². The van der Waals surface area contributed by atoms with E-state index in [4.69, 9.17) is 13.9 Å². The molecule has 6 nitrogen and oxygen atoms in total. The Hall–Kier alpha value is -3.28. The van der Waals surface area contributed by atoms with Gasteiger partial charge in [-0.25, -0.2) is 4.79 Å². The summed E-state index contributed by atoms with van der Waals surface area (Å²) in [4.78, 5) is 23.7. The number of fused-ring (bicyclic) bond motifs is 1. The topological polar surface area (TPSA) is 75.0 Å². The lowest BCUT2D eigenvalue weighted by Crippen LogP contribution is -2.08. The van der Waals surface area contributed by atoms with Gasteiger partial charge in [-0.2, -0.15) is 0 Å². The minimum absolute atomic E-state index is 0.0767. The number of hydrogen-bond donors (Lipinski definition) is 0. The Morgan fingerprint density at radius 3 is 2.69 bits per heavy atom. The molecule has 0 amide bonds. The smallest absolute Gasteiger partial charge is 0.337 e. The third-order valence-corrected chi connectivity index (χ3v) is 3.95. The average Bonchev–Trinajstić information content (AvgIpc) is 3.07. The Bertz CT molecular complexity index is 940. The molecule has 0 unspecified atom stereocenters. The highest BCUT2D eigenvalue weighted by Gasteiger charge is 2.13. The lowest BCUT2D eigenvalue weighted by Gasteiger charge is -2.06. The highest BCUT2D eigenvalue weighted by atomic mass is 16.5. The predicted molar refractivity (Wildman–Crippen MR) is 94.0 cm³/mol. The van der Waals surface area contributed by atoms with Crippen LogP contribution in [0.3, 0.4) is 0 Å². The molecule has 134 valence electrons. The Morgan fingerprint density at radius 2 is 1.92 bits per heavy atom. The van der Waals surface area contributed by atoms with Crippen molar-refractivity contribution in [1.29, 1.82) is 0 Å². The molecule has 0 aliphatic rings. The van der Waals surface area contributed by atoms with Gasteiger partial charge >= 0.3 is 11.9 Å². The first-order valence-corrected chi connectivity index (χ1v) is 7.97. The first-order valence-electron chi connectivity index (χ1n) is 7.97. The molecule has 2 aromatic carbocycles. The van der Waals surface area contributed by atoms with Crippen LogP contribution in [0.4, 0.5) is 0 Å². The van der Waals surface area contributed by atoms with Crippen LogP contribution >= 0.6 is 0 Å². The molecule has 26 heavy (non-hydrogen) atoms. The highest BCUT2D eigenvalue weighted by Crippen LogP contribution is 2.26. The number of furan rings is 1. The van der Waals surface area contributed by atoms with Crippen LogP contribution in [0.1, 0.15) is 21.5 Å². The zero-order valence-corrected chi connectivity index (χ0v) is 14.5. The van der Waals surface area contributed by atoms with E-state index in [0.29, 0.717) is 22.5 Å². The van der Waals surface area contributed by atoms with Crippen LogP contribution in [0, 0.1) is 0 Å². The third-order valence-electron chi connectivity index (χ3n) is 3.95. The largest absolute Gasteiger partial charge is 0.497 e. The third kappa shape index (κ3) is 3.85. The fourth-order valence-corrected chi connectivity index (χ4v) is 2.60. The second-order valence-electron chi connectivity index (χ2n) is 5.65. The summed E-state index contributed by atoms with van der Waals surface area (Å²) in [5.41, 5.74) is 2.52. The quantitative estimate of drug-likeness (QED) is 0.631. The first-order chi connectivity index (χ1) is 12.6. The van der Waals surface area contributed by atoms with E-state index in [1.54, 1.807) is 43.7 Å². The molecular formula is C20H18O6. The summed E-state index contributed by atoms with van der Waals surface area (Å²) < 4.78 is 20.6. The molecule has 0 saturated carbocycles. The van der Waals surface area contributed by atoms with Gasteiger partial charge < -0.3 is 18.6 Å². The lowest BCUT2D eigenvalue weighted by molar-refractivity contribution is -0.144. The summed E-state index contributed by atoms with van der Waals surface area (Å²) in [6, 6.07) is 12.2. The molecule has 3 aromatic rings. The number of esters is 2. The van der Waals surface area contributed by atoms with Gasteiger partial charge in [-0.3, -0.25) is 4.79 Å². The SMILES string of the molecule is COC(=O)c1cccc(COC(=O)Cc2coc3cc(OC)ccc23)c1. The van der Waals surface area contributed by atoms with Crippen LogP contribution in [0.2, 0.25) is 0 Å². The van der Waals surface area contributed by atoms with Gasteiger partial charge in [0.25, 0.3) is 0 Å².